The zero-order valence-electron chi connectivity index (χ0n) is 13.8. The molecule has 4 nitrogen and oxygen atoms in total. The van der Waals surface area contributed by atoms with E-state index in [4.69, 9.17) is 11.6 Å². The third kappa shape index (κ3) is 4.07. The standard InChI is InChI=1S/C16H27ClN4/c1-11-13(17)19-15(16(2,3)4)20-14(11)18-10-12-8-6-7-9-21(12)5/h12H,6-10H2,1-5H3,(H,18,19,20). The lowest BCUT2D eigenvalue weighted by Gasteiger charge is -2.32. The fraction of sp³-hybridized carbons (Fsp3) is 0.750. The minimum atomic E-state index is -0.102. The minimum absolute atomic E-state index is 0.102. The van der Waals surface area contributed by atoms with Crippen molar-refractivity contribution in [2.75, 3.05) is 25.5 Å². The van der Waals surface area contributed by atoms with Crippen LogP contribution in [-0.2, 0) is 5.41 Å². The van der Waals surface area contributed by atoms with Gasteiger partial charge in [0.1, 0.15) is 16.8 Å². The van der Waals surface area contributed by atoms with Crippen LogP contribution in [0, 0.1) is 6.92 Å². The molecule has 1 aromatic rings. The molecule has 0 aliphatic carbocycles. The van der Waals surface area contributed by atoms with Crippen molar-refractivity contribution >= 4 is 17.4 Å². The van der Waals surface area contributed by atoms with E-state index in [0.717, 1.165) is 23.8 Å². The van der Waals surface area contributed by atoms with Gasteiger partial charge in [-0.3, -0.25) is 0 Å². The maximum Gasteiger partial charge on any atom is 0.137 e. The second-order valence-electron chi connectivity index (χ2n) is 7.07. The predicted octanol–water partition coefficient (Wildman–Crippen LogP) is 3.63. The van der Waals surface area contributed by atoms with E-state index in [1.165, 1.54) is 25.8 Å². The molecule has 1 aliphatic rings. The number of rotatable bonds is 3. The number of anilines is 1. The first-order valence-corrected chi connectivity index (χ1v) is 8.15. The maximum absolute atomic E-state index is 6.27. The van der Waals surface area contributed by atoms with Gasteiger partial charge in [-0.15, -0.1) is 0 Å². The van der Waals surface area contributed by atoms with E-state index in [2.05, 4.69) is 48.0 Å². The van der Waals surface area contributed by atoms with Gasteiger partial charge in [-0.25, -0.2) is 9.97 Å². The molecule has 1 aliphatic heterocycles. The molecule has 1 saturated heterocycles. The molecule has 2 rings (SSSR count). The number of hydrogen-bond acceptors (Lipinski definition) is 4. The van der Waals surface area contributed by atoms with Crippen LogP contribution < -0.4 is 5.32 Å². The second-order valence-corrected chi connectivity index (χ2v) is 7.43. The average Bonchev–Trinajstić information content (AvgIpc) is 2.40. The number of likely N-dealkylation sites (N-methyl/N-ethyl adjacent to an activating group) is 1. The fourth-order valence-corrected chi connectivity index (χ4v) is 2.78. The quantitative estimate of drug-likeness (QED) is 0.866. The monoisotopic (exact) mass is 310 g/mol. The van der Waals surface area contributed by atoms with Gasteiger partial charge in [-0.05, 0) is 33.4 Å². The van der Waals surface area contributed by atoms with E-state index < -0.39 is 0 Å². The first-order chi connectivity index (χ1) is 9.79. The van der Waals surface area contributed by atoms with Crippen LogP contribution >= 0.6 is 11.6 Å². The molecule has 0 spiro atoms. The molecule has 5 heteroatoms. The minimum Gasteiger partial charge on any atom is -0.368 e. The fourth-order valence-electron chi connectivity index (χ4n) is 2.61. The van der Waals surface area contributed by atoms with Gasteiger partial charge >= 0.3 is 0 Å². The molecule has 0 radical (unpaired) electrons. The third-order valence-corrected chi connectivity index (χ3v) is 4.55. The Labute approximate surface area is 133 Å². The van der Waals surface area contributed by atoms with Crippen molar-refractivity contribution in [2.45, 2.75) is 58.4 Å². The van der Waals surface area contributed by atoms with Crippen molar-refractivity contribution in [2.24, 2.45) is 0 Å². The number of nitrogens with one attached hydrogen (secondary N) is 1. The Balaban J connectivity index is 2.13. The maximum atomic E-state index is 6.27. The van der Waals surface area contributed by atoms with E-state index in [-0.39, 0.29) is 5.41 Å². The van der Waals surface area contributed by atoms with Crippen molar-refractivity contribution in [3.05, 3.63) is 16.5 Å². The third-order valence-electron chi connectivity index (χ3n) is 4.18. The largest absolute Gasteiger partial charge is 0.368 e. The van der Waals surface area contributed by atoms with Crippen molar-refractivity contribution in [3.8, 4) is 0 Å². The summed E-state index contributed by atoms with van der Waals surface area (Å²) >= 11 is 6.27. The van der Waals surface area contributed by atoms with Crippen LogP contribution in [0.25, 0.3) is 0 Å². The first kappa shape index (κ1) is 16.5. The number of aromatic nitrogens is 2. The molecular formula is C16H27ClN4. The predicted molar refractivity (Wildman–Crippen MR) is 89.2 cm³/mol. The Hall–Kier alpha value is -0.870. The highest BCUT2D eigenvalue weighted by Gasteiger charge is 2.22. The number of likely N-dealkylation sites (tertiary alicyclic amines) is 1. The van der Waals surface area contributed by atoms with Crippen molar-refractivity contribution in [1.82, 2.24) is 14.9 Å². The lowest BCUT2D eigenvalue weighted by Crippen LogP contribution is -2.41. The zero-order chi connectivity index (χ0) is 15.6. The van der Waals surface area contributed by atoms with E-state index in [1.54, 1.807) is 0 Å². The molecule has 1 fully saturated rings. The molecule has 1 N–H and O–H groups in total. The molecule has 2 heterocycles. The van der Waals surface area contributed by atoms with Crippen molar-refractivity contribution in [3.63, 3.8) is 0 Å². The van der Waals surface area contributed by atoms with Crippen LogP contribution in [0.4, 0.5) is 5.82 Å². The second kappa shape index (κ2) is 6.49. The van der Waals surface area contributed by atoms with Gasteiger partial charge in [0.15, 0.2) is 0 Å². The Morgan fingerprint density at radius 3 is 2.62 bits per heavy atom. The van der Waals surface area contributed by atoms with E-state index in [0.29, 0.717) is 11.2 Å². The van der Waals surface area contributed by atoms with Crippen LogP contribution in [0.2, 0.25) is 5.15 Å². The molecule has 21 heavy (non-hydrogen) atoms. The average molecular weight is 311 g/mol. The van der Waals surface area contributed by atoms with E-state index in [9.17, 15) is 0 Å². The van der Waals surface area contributed by atoms with Crippen LogP contribution in [0.5, 0.6) is 0 Å². The number of piperidine rings is 1. The molecular weight excluding hydrogens is 284 g/mol. The Morgan fingerprint density at radius 1 is 1.29 bits per heavy atom. The van der Waals surface area contributed by atoms with Gasteiger partial charge in [0.25, 0.3) is 0 Å². The van der Waals surface area contributed by atoms with Crippen LogP contribution in [0.3, 0.4) is 0 Å². The summed E-state index contributed by atoms with van der Waals surface area (Å²) in [6.45, 7) is 10.4. The highest BCUT2D eigenvalue weighted by Crippen LogP contribution is 2.26. The molecule has 1 aromatic heterocycles. The van der Waals surface area contributed by atoms with E-state index >= 15 is 0 Å². The normalized spacial score (nSPS) is 20.6. The summed E-state index contributed by atoms with van der Waals surface area (Å²) in [6, 6.07) is 0.574. The summed E-state index contributed by atoms with van der Waals surface area (Å²) in [4.78, 5) is 11.5. The Kier molecular flexibility index (Phi) is 5.10. The van der Waals surface area contributed by atoms with Gasteiger partial charge in [0.05, 0.1) is 0 Å². The Bertz CT molecular complexity index is 496. The molecule has 0 bridgehead atoms. The summed E-state index contributed by atoms with van der Waals surface area (Å²) < 4.78 is 0. The zero-order valence-corrected chi connectivity index (χ0v) is 14.6. The van der Waals surface area contributed by atoms with Crippen LogP contribution in [-0.4, -0.2) is 41.0 Å². The van der Waals surface area contributed by atoms with Crippen LogP contribution in [0.15, 0.2) is 0 Å². The molecule has 0 saturated carbocycles. The highest BCUT2D eigenvalue weighted by molar-refractivity contribution is 6.30. The highest BCUT2D eigenvalue weighted by atomic mass is 35.5. The molecule has 118 valence electrons. The van der Waals surface area contributed by atoms with Gasteiger partial charge in [-0.2, -0.15) is 0 Å². The van der Waals surface area contributed by atoms with Gasteiger partial charge < -0.3 is 10.2 Å². The van der Waals surface area contributed by atoms with Crippen molar-refractivity contribution in [1.29, 1.82) is 0 Å². The van der Waals surface area contributed by atoms with Crippen LogP contribution in [0.1, 0.15) is 51.4 Å². The molecule has 1 atom stereocenters. The van der Waals surface area contributed by atoms with Crippen molar-refractivity contribution < 1.29 is 0 Å². The number of hydrogen-bond donors (Lipinski definition) is 1. The summed E-state index contributed by atoms with van der Waals surface area (Å²) in [5.74, 6) is 1.66. The smallest absolute Gasteiger partial charge is 0.137 e. The molecule has 1 unspecified atom stereocenters. The SMILES string of the molecule is Cc1c(Cl)nc(C(C)(C)C)nc1NCC1CCCCN1C. The molecule has 0 amide bonds. The number of nitrogens with zero attached hydrogens (tertiary/aromatic N) is 3. The number of halogens is 1. The lowest BCUT2D eigenvalue weighted by atomic mass is 9.95. The summed E-state index contributed by atoms with van der Waals surface area (Å²) in [6.07, 6.45) is 3.86. The van der Waals surface area contributed by atoms with E-state index in [1.807, 2.05) is 6.92 Å². The van der Waals surface area contributed by atoms with Gasteiger partial charge in [-0.1, -0.05) is 38.8 Å². The summed E-state index contributed by atoms with van der Waals surface area (Å²) in [7, 11) is 2.20. The lowest BCUT2D eigenvalue weighted by molar-refractivity contribution is 0.194. The van der Waals surface area contributed by atoms with Gasteiger partial charge in [0, 0.05) is 23.6 Å². The molecule has 0 aromatic carbocycles. The Morgan fingerprint density at radius 2 is 2.00 bits per heavy atom. The summed E-state index contributed by atoms with van der Waals surface area (Å²) in [5.41, 5.74) is 0.832. The van der Waals surface area contributed by atoms with Gasteiger partial charge in [0.2, 0.25) is 0 Å². The summed E-state index contributed by atoms with van der Waals surface area (Å²) in [5, 5.41) is 4.04. The first-order valence-electron chi connectivity index (χ1n) is 7.78. The topological polar surface area (TPSA) is 41.1 Å².